The molecular weight excluding hydrogens is 266 g/mol. The molecule has 110 valence electrons. The van der Waals surface area contributed by atoms with Crippen molar-refractivity contribution in [2.45, 2.75) is 33.4 Å². The van der Waals surface area contributed by atoms with Gasteiger partial charge in [-0.15, -0.1) is 0 Å². The Morgan fingerprint density at radius 3 is 3.00 bits per heavy atom. The van der Waals surface area contributed by atoms with Crippen LogP contribution in [0.5, 0.6) is 5.75 Å². The molecule has 2 aromatic rings. The van der Waals surface area contributed by atoms with Gasteiger partial charge in [-0.25, -0.2) is 4.98 Å². The van der Waals surface area contributed by atoms with Crippen molar-refractivity contribution >= 4 is 0 Å². The zero-order chi connectivity index (χ0) is 15.0. The lowest BCUT2D eigenvalue weighted by atomic mass is 10.0. The van der Waals surface area contributed by atoms with Crippen molar-refractivity contribution in [1.29, 1.82) is 0 Å². The molecule has 2 N–H and O–H groups in total. The molecule has 1 aromatic heterocycles. The lowest BCUT2D eigenvalue weighted by Crippen LogP contribution is -2.35. The smallest absolute Gasteiger partial charge is 0.255 e. The van der Waals surface area contributed by atoms with Crippen LogP contribution < -0.4 is 5.56 Å². The highest BCUT2D eigenvalue weighted by atomic mass is 16.3. The van der Waals surface area contributed by atoms with Crippen LogP contribution in [-0.2, 0) is 19.5 Å². The molecule has 0 unspecified atom stereocenters. The summed E-state index contributed by atoms with van der Waals surface area (Å²) in [7, 11) is 0. The van der Waals surface area contributed by atoms with Gasteiger partial charge in [-0.1, -0.05) is 18.2 Å². The molecule has 1 aliphatic rings. The van der Waals surface area contributed by atoms with Gasteiger partial charge < -0.3 is 10.1 Å². The van der Waals surface area contributed by atoms with Crippen molar-refractivity contribution in [3.05, 3.63) is 56.8 Å². The maximum absolute atomic E-state index is 12.0. The van der Waals surface area contributed by atoms with E-state index in [4.69, 9.17) is 0 Å². The Kier molecular flexibility index (Phi) is 3.51. The van der Waals surface area contributed by atoms with Crippen molar-refractivity contribution < 1.29 is 5.11 Å². The van der Waals surface area contributed by atoms with Gasteiger partial charge in [-0.3, -0.25) is 9.69 Å². The second-order valence-corrected chi connectivity index (χ2v) is 5.62. The molecular formula is C16H19N3O2. The Hall–Kier alpha value is -2.14. The zero-order valence-corrected chi connectivity index (χ0v) is 12.3. The highest BCUT2D eigenvalue weighted by Crippen LogP contribution is 2.24. The summed E-state index contributed by atoms with van der Waals surface area (Å²) in [6.07, 6.45) is 0.771. The van der Waals surface area contributed by atoms with Gasteiger partial charge in [0.25, 0.3) is 5.56 Å². The van der Waals surface area contributed by atoms with Gasteiger partial charge in [0.1, 0.15) is 11.6 Å². The van der Waals surface area contributed by atoms with E-state index in [-0.39, 0.29) is 5.56 Å². The third-order valence-corrected chi connectivity index (χ3v) is 3.98. The maximum atomic E-state index is 12.0. The Morgan fingerprint density at radius 2 is 2.19 bits per heavy atom. The third kappa shape index (κ3) is 2.69. The Bertz CT molecular complexity index is 737. The normalized spacial score (nSPS) is 15.0. The van der Waals surface area contributed by atoms with E-state index in [1.807, 2.05) is 25.1 Å². The van der Waals surface area contributed by atoms with Gasteiger partial charge in [0, 0.05) is 31.6 Å². The minimum absolute atomic E-state index is 0.0457. The fraction of sp³-hybridized carbons (Fsp3) is 0.375. The summed E-state index contributed by atoms with van der Waals surface area (Å²) in [5.74, 6) is 1.02. The molecule has 0 fully saturated rings. The minimum atomic E-state index is -0.0457. The first kappa shape index (κ1) is 13.8. The average Bonchev–Trinajstić information content (AvgIpc) is 2.44. The number of para-hydroxylation sites is 1. The quantitative estimate of drug-likeness (QED) is 0.880. The highest BCUT2D eigenvalue weighted by Gasteiger charge is 2.21. The van der Waals surface area contributed by atoms with Crippen LogP contribution in [0.1, 0.15) is 28.2 Å². The van der Waals surface area contributed by atoms with Crippen LogP contribution in [0.25, 0.3) is 0 Å². The molecule has 1 aliphatic heterocycles. The van der Waals surface area contributed by atoms with Crippen LogP contribution in [-0.4, -0.2) is 26.5 Å². The minimum Gasteiger partial charge on any atom is -0.507 e. The van der Waals surface area contributed by atoms with Crippen molar-refractivity contribution in [2.75, 3.05) is 6.54 Å². The predicted molar refractivity (Wildman–Crippen MR) is 80.3 cm³/mol. The van der Waals surface area contributed by atoms with Crippen LogP contribution in [0.4, 0.5) is 0 Å². The van der Waals surface area contributed by atoms with Crippen LogP contribution in [0.3, 0.4) is 0 Å². The summed E-state index contributed by atoms with van der Waals surface area (Å²) in [5, 5.41) is 10.1. The molecule has 0 aliphatic carbocycles. The highest BCUT2D eigenvalue weighted by molar-refractivity contribution is 5.39. The lowest BCUT2D eigenvalue weighted by Gasteiger charge is -2.28. The first-order valence-corrected chi connectivity index (χ1v) is 7.13. The number of aryl methyl sites for hydroxylation is 2. The molecule has 0 atom stereocenters. The zero-order valence-electron chi connectivity index (χ0n) is 12.3. The van der Waals surface area contributed by atoms with Crippen molar-refractivity contribution in [2.24, 2.45) is 0 Å². The molecule has 0 bridgehead atoms. The van der Waals surface area contributed by atoms with Gasteiger partial charge in [0.05, 0.1) is 11.3 Å². The van der Waals surface area contributed by atoms with Crippen LogP contribution in [0, 0.1) is 13.8 Å². The fourth-order valence-electron chi connectivity index (χ4n) is 2.83. The number of aromatic amines is 1. The molecule has 0 saturated carbocycles. The SMILES string of the molecule is Cc1nc2c(c(=O)[nH]1)CN(Cc1cccc(C)c1O)CC2. The molecule has 5 nitrogen and oxygen atoms in total. The van der Waals surface area contributed by atoms with E-state index in [1.165, 1.54) is 0 Å². The van der Waals surface area contributed by atoms with E-state index in [0.717, 1.165) is 35.3 Å². The van der Waals surface area contributed by atoms with E-state index < -0.39 is 0 Å². The average molecular weight is 285 g/mol. The van der Waals surface area contributed by atoms with E-state index in [2.05, 4.69) is 14.9 Å². The molecule has 0 radical (unpaired) electrons. The predicted octanol–water partition coefficient (Wildman–Crippen LogP) is 1.65. The molecule has 2 heterocycles. The van der Waals surface area contributed by atoms with E-state index in [9.17, 15) is 9.90 Å². The summed E-state index contributed by atoms with van der Waals surface area (Å²) in [6, 6.07) is 5.76. The van der Waals surface area contributed by atoms with Crippen LogP contribution in [0.15, 0.2) is 23.0 Å². The summed E-state index contributed by atoms with van der Waals surface area (Å²) < 4.78 is 0. The second-order valence-electron chi connectivity index (χ2n) is 5.62. The first-order chi connectivity index (χ1) is 10.0. The van der Waals surface area contributed by atoms with Gasteiger partial charge in [-0.05, 0) is 19.4 Å². The topological polar surface area (TPSA) is 69.2 Å². The molecule has 21 heavy (non-hydrogen) atoms. The maximum Gasteiger partial charge on any atom is 0.255 e. The number of nitrogens with one attached hydrogen (secondary N) is 1. The van der Waals surface area contributed by atoms with Gasteiger partial charge in [-0.2, -0.15) is 0 Å². The van der Waals surface area contributed by atoms with E-state index >= 15 is 0 Å². The summed E-state index contributed by atoms with van der Waals surface area (Å²) in [6.45, 7) is 5.75. The summed E-state index contributed by atoms with van der Waals surface area (Å²) in [5.41, 5.74) is 3.38. The largest absolute Gasteiger partial charge is 0.507 e. The van der Waals surface area contributed by atoms with Gasteiger partial charge in [0.2, 0.25) is 0 Å². The second kappa shape index (κ2) is 5.33. The fourth-order valence-corrected chi connectivity index (χ4v) is 2.83. The number of aromatic hydroxyl groups is 1. The number of fused-ring (bicyclic) bond motifs is 1. The van der Waals surface area contributed by atoms with Gasteiger partial charge >= 0.3 is 0 Å². The molecule has 5 heteroatoms. The summed E-state index contributed by atoms with van der Waals surface area (Å²) in [4.78, 5) is 21.4. The third-order valence-electron chi connectivity index (χ3n) is 3.98. The van der Waals surface area contributed by atoms with E-state index in [0.29, 0.717) is 24.7 Å². The number of benzene rings is 1. The standard InChI is InChI=1S/C16H19N3O2/c1-10-4-3-5-12(15(10)20)8-19-7-6-14-13(9-19)16(21)18-11(2)17-14/h3-5,20H,6-9H2,1-2H3,(H,17,18,21). The number of phenolic OH excluding ortho intramolecular Hbond substituents is 1. The molecule has 3 rings (SSSR count). The Labute approximate surface area is 123 Å². The van der Waals surface area contributed by atoms with Crippen molar-refractivity contribution in [3.63, 3.8) is 0 Å². The molecule has 1 aromatic carbocycles. The number of nitrogens with zero attached hydrogens (tertiary/aromatic N) is 2. The number of aromatic nitrogens is 2. The first-order valence-electron chi connectivity index (χ1n) is 7.13. The van der Waals surface area contributed by atoms with Gasteiger partial charge in [0.15, 0.2) is 0 Å². The molecule has 0 amide bonds. The Balaban J connectivity index is 1.84. The van der Waals surface area contributed by atoms with Crippen LogP contribution in [0.2, 0.25) is 0 Å². The number of rotatable bonds is 2. The molecule has 0 saturated heterocycles. The van der Waals surface area contributed by atoms with Crippen molar-refractivity contribution in [3.8, 4) is 5.75 Å². The van der Waals surface area contributed by atoms with Crippen molar-refractivity contribution in [1.82, 2.24) is 14.9 Å². The number of H-pyrrole nitrogens is 1. The van der Waals surface area contributed by atoms with Crippen LogP contribution >= 0.6 is 0 Å². The Morgan fingerprint density at radius 1 is 1.38 bits per heavy atom. The summed E-state index contributed by atoms with van der Waals surface area (Å²) >= 11 is 0. The monoisotopic (exact) mass is 285 g/mol. The number of hydrogen-bond acceptors (Lipinski definition) is 4. The van der Waals surface area contributed by atoms with E-state index in [1.54, 1.807) is 6.92 Å². The lowest BCUT2D eigenvalue weighted by molar-refractivity contribution is 0.238. The number of phenols is 1. The molecule has 0 spiro atoms. The number of hydrogen-bond donors (Lipinski definition) is 2.